The van der Waals surface area contributed by atoms with Crippen molar-refractivity contribution in [3.63, 3.8) is 0 Å². The fourth-order valence-corrected chi connectivity index (χ4v) is 6.64. The minimum absolute atomic E-state index is 0.198. The van der Waals surface area contributed by atoms with Gasteiger partial charge >= 0.3 is 5.97 Å². The summed E-state index contributed by atoms with van der Waals surface area (Å²) in [5, 5.41) is 0. The smallest absolute Gasteiger partial charge is 0.338 e. The summed E-state index contributed by atoms with van der Waals surface area (Å²) in [6, 6.07) is 6.72. The van der Waals surface area contributed by atoms with Crippen molar-refractivity contribution in [1.29, 1.82) is 0 Å². The molecule has 0 amide bonds. The lowest BCUT2D eigenvalue weighted by Gasteiger charge is -2.26. The van der Waals surface area contributed by atoms with Crippen molar-refractivity contribution in [1.82, 2.24) is 9.13 Å². The maximum atomic E-state index is 14.1. The summed E-state index contributed by atoms with van der Waals surface area (Å²) >= 11 is 1.30. The van der Waals surface area contributed by atoms with E-state index in [1.165, 1.54) is 18.4 Å². The van der Waals surface area contributed by atoms with Crippen LogP contribution in [0.1, 0.15) is 55.2 Å². The largest absolute Gasteiger partial charge is 0.493 e. The Kier molecular flexibility index (Phi) is 8.00. The molecule has 2 aliphatic heterocycles. The predicted molar refractivity (Wildman–Crippen MR) is 153 cm³/mol. The second kappa shape index (κ2) is 11.5. The Bertz CT molecular complexity index is 1660. The van der Waals surface area contributed by atoms with E-state index in [0.717, 1.165) is 42.9 Å². The highest BCUT2D eigenvalue weighted by Gasteiger charge is 2.36. The molecule has 1 saturated heterocycles. The number of hydrogen-bond acceptors (Lipinski definition) is 8. The molecule has 2 aliphatic rings. The normalized spacial score (nSPS) is 19.0. The van der Waals surface area contributed by atoms with Crippen molar-refractivity contribution in [2.75, 3.05) is 27.4 Å². The van der Waals surface area contributed by atoms with Gasteiger partial charge < -0.3 is 23.5 Å². The molecule has 0 bridgehead atoms. The molecule has 0 N–H and O–H groups in total. The van der Waals surface area contributed by atoms with Crippen LogP contribution < -0.4 is 24.4 Å². The second-order valence-electron chi connectivity index (χ2n) is 9.96. The number of thiazole rings is 1. The average molecular weight is 566 g/mol. The summed E-state index contributed by atoms with van der Waals surface area (Å²) in [5.41, 5.74) is 4.33. The zero-order chi connectivity index (χ0) is 28.6. The number of esters is 1. The molecule has 3 aromatic rings. The van der Waals surface area contributed by atoms with E-state index in [0.29, 0.717) is 37.7 Å². The topological polar surface area (TPSA) is 93.3 Å². The maximum Gasteiger partial charge on any atom is 0.338 e. The molecular formula is C30H35N3O6S. The predicted octanol–water partition coefficient (Wildman–Crippen LogP) is 3.41. The van der Waals surface area contributed by atoms with Crippen LogP contribution in [0.5, 0.6) is 11.5 Å². The molecule has 4 heterocycles. The molecule has 0 saturated carbocycles. The number of ether oxygens (including phenoxy) is 4. The minimum atomic E-state index is -0.797. The highest BCUT2D eigenvalue weighted by molar-refractivity contribution is 7.07. The second-order valence-corrected chi connectivity index (χ2v) is 11.0. The number of aromatic nitrogens is 2. The number of allylic oxidation sites excluding steroid dienone is 1. The highest BCUT2D eigenvalue weighted by Crippen LogP contribution is 2.40. The Morgan fingerprint density at radius 1 is 1.23 bits per heavy atom. The summed E-state index contributed by atoms with van der Waals surface area (Å²) in [6.07, 6.45) is 4.28. The molecular weight excluding hydrogens is 530 g/mol. The third-order valence-corrected chi connectivity index (χ3v) is 8.54. The van der Waals surface area contributed by atoms with Crippen molar-refractivity contribution in [3.05, 3.63) is 77.7 Å². The van der Waals surface area contributed by atoms with E-state index in [1.54, 1.807) is 31.6 Å². The van der Waals surface area contributed by atoms with Crippen LogP contribution >= 0.6 is 11.3 Å². The van der Waals surface area contributed by atoms with Gasteiger partial charge in [0.2, 0.25) is 0 Å². The number of nitrogens with zero attached hydrogens (tertiary/aromatic N) is 3. The van der Waals surface area contributed by atoms with Crippen molar-refractivity contribution >= 4 is 23.4 Å². The Balaban J connectivity index is 1.68. The Morgan fingerprint density at radius 2 is 2.02 bits per heavy atom. The van der Waals surface area contributed by atoms with E-state index in [4.69, 9.17) is 18.9 Å². The highest BCUT2D eigenvalue weighted by atomic mass is 32.1. The monoisotopic (exact) mass is 565 g/mol. The maximum absolute atomic E-state index is 14.1. The number of carbonyl (C=O) groups excluding carboxylic acids is 1. The van der Waals surface area contributed by atoms with Gasteiger partial charge in [-0.05, 0) is 64.3 Å². The molecule has 0 spiro atoms. The van der Waals surface area contributed by atoms with Gasteiger partial charge in [-0.1, -0.05) is 23.5 Å². The van der Waals surface area contributed by atoms with Crippen LogP contribution in [0.4, 0.5) is 0 Å². The number of hydrogen-bond donors (Lipinski definition) is 0. The number of para-hydroxylation sites is 1. The Labute approximate surface area is 237 Å². The summed E-state index contributed by atoms with van der Waals surface area (Å²) in [6.45, 7) is 9.46. The standard InChI is InChI=1S/C30H35N3O6S/c1-7-38-29(35)25-18(3)31-30-33(26(25)22-11-8-12-23(36-5)27(22)37-6)28(34)24(40-30)15-20-14-17(2)32(19(20)4)16-21-10-9-13-39-21/h8,11-12,14-15,21,26H,7,9-10,13,16H2,1-6H3/b24-15-/t21-,26-/m0/s1. The quantitative estimate of drug-likeness (QED) is 0.389. The minimum Gasteiger partial charge on any atom is -0.493 e. The number of rotatable bonds is 8. The molecule has 10 heteroatoms. The van der Waals surface area contributed by atoms with Gasteiger partial charge in [0.1, 0.15) is 6.04 Å². The third kappa shape index (κ3) is 4.90. The van der Waals surface area contributed by atoms with Crippen molar-refractivity contribution < 1.29 is 23.7 Å². The summed E-state index contributed by atoms with van der Waals surface area (Å²) in [7, 11) is 3.09. The fourth-order valence-electron chi connectivity index (χ4n) is 5.60. The third-order valence-electron chi connectivity index (χ3n) is 7.55. The molecule has 0 unspecified atom stereocenters. The summed E-state index contributed by atoms with van der Waals surface area (Å²) < 4.78 is 26.9. The van der Waals surface area contributed by atoms with Gasteiger partial charge in [0.05, 0.1) is 42.7 Å². The van der Waals surface area contributed by atoms with Crippen LogP contribution in [0.25, 0.3) is 6.08 Å². The summed E-state index contributed by atoms with van der Waals surface area (Å²) in [4.78, 5) is 32.5. The fraction of sp³-hybridized carbons (Fsp3) is 0.433. The molecule has 5 rings (SSSR count). The first-order chi connectivity index (χ1) is 19.3. The summed E-state index contributed by atoms with van der Waals surface area (Å²) in [5.74, 6) is 0.419. The van der Waals surface area contributed by atoms with Crippen molar-refractivity contribution in [2.45, 2.75) is 59.2 Å². The van der Waals surface area contributed by atoms with Crippen LogP contribution in [0.3, 0.4) is 0 Å². The van der Waals surface area contributed by atoms with Crippen LogP contribution in [-0.4, -0.2) is 48.6 Å². The Morgan fingerprint density at radius 3 is 2.70 bits per heavy atom. The number of aryl methyl sites for hydroxylation is 1. The van der Waals surface area contributed by atoms with E-state index in [2.05, 4.69) is 29.5 Å². The lowest BCUT2D eigenvalue weighted by molar-refractivity contribution is -0.139. The number of benzene rings is 1. The van der Waals surface area contributed by atoms with E-state index in [1.807, 2.05) is 18.2 Å². The molecule has 1 fully saturated rings. The first-order valence-electron chi connectivity index (χ1n) is 13.5. The first kappa shape index (κ1) is 27.9. The van der Waals surface area contributed by atoms with Crippen LogP contribution in [0.15, 0.2) is 45.3 Å². The van der Waals surface area contributed by atoms with Crippen molar-refractivity contribution in [3.8, 4) is 11.5 Å². The molecule has 1 aromatic carbocycles. The lowest BCUT2D eigenvalue weighted by Crippen LogP contribution is -2.40. The molecule has 40 heavy (non-hydrogen) atoms. The first-order valence-corrected chi connectivity index (χ1v) is 14.3. The molecule has 0 aliphatic carbocycles. The molecule has 0 radical (unpaired) electrons. The number of carbonyl (C=O) groups is 1. The van der Waals surface area contributed by atoms with Gasteiger partial charge in [-0.2, -0.15) is 0 Å². The van der Waals surface area contributed by atoms with Crippen molar-refractivity contribution in [2.24, 2.45) is 4.99 Å². The van der Waals surface area contributed by atoms with Gasteiger partial charge in [-0.15, -0.1) is 0 Å². The van der Waals surface area contributed by atoms with E-state index in [-0.39, 0.29) is 18.3 Å². The lowest BCUT2D eigenvalue weighted by atomic mass is 9.94. The van der Waals surface area contributed by atoms with Crippen LogP contribution in [0.2, 0.25) is 0 Å². The zero-order valence-corrected chi connectivity index (χ0v) is 24.6. The van der Waals surface area contributed by atoms with Gasteiger partial charge in [-0.25, -0.2) is 9.79 Å². The molecule has 2 aromatic heterocycles. The number of fused-ring (bicyclic) bond motifs is 1. The zero-order valence-electron chi connectivity index (χ0n) is 23.8. The molecule has 2 atom stereocenters. The van der Waals surface area contributed by atoms with Crippen LogP contribution in [-0.2, 0) is 20.8 Å². The number of methoxy groups -OCH3 is 2. The molecule has 9 nitrogen and oxygen atoms in total. The van der Waals surface area contributed by atoms with E-state index in [9.17, 15) is 9.59 Å². The van der Waals surface area contributed by atoms with E-state index < -0.39 is 12.0 Å². The van der Waals surface area contributed by atoms with Gasteiger partial charge in [0.15, 0.2) is 16.3 Å². The molecule has 212 valence electrons. The van der Waals surface area contributed by atoms with Crippen LogP contribution in [0, 0.1) is 13.8 Å². The SMILES string of the molecule is CCOC(=O)C1=C(C)N=c2s/c(=C\c3cc(C)n(C[C@@H]4CCCO4)c3C)c(=O)n2[C@H]1c1cccc(OC)c1OC. The van der Waals surface area contributed by atoms with Gasteiger partial charge in [0, 0.05) is 30.1 Å². The van der Waals surface area contributed by atoms with Gasteiger partial charge in [-0.3, -0.25) is 9.36 Å². The van der Waals surface area contributed by atoms with Gasteiger partial charge in [0.25, 0.3) is 5.56 Å². The average Bonchev–Trinajstić information content (AvgIpc) is 3.63. The van der Waals surface area contributed by atoms with E-state index >= 15 is 0 Å². The Hall–Kier alpha value is -3.63.